The number of hydrogen-bond donors (Lipinski definition) is 0. The van der Waals surface area contributed by atoms with E-state index in [1.54, 1.807) is 22.6 Å². The normalized spacial score (nSPS) is 24.2. The zero-order valence-electron chi connectivity index (χ0n) is 18.4. The van der Waals surface area contributed by atoms with Gasteiger partial charge in [0.1, 0.15) is 4.90 Å². The molecule has 3 aliphatic heterocycles. The number of aromatic nitrogens is 1. The molecule has 0 radical (unpaired) electrons. The standard InChI is InChI=1S/C24H31N3O4S/c28-22(26-12-1-2-13-26)17-19-8-16-31-24(18-19)9-14-27(15-10-24)32(29,30)21-7-3-5-20-6-4-11-25-23(20)21/h3-7,11,19H,1-2,8-10,12-18H2. The third kappa shape index (κ3) is 4.16. The van der Waals surface area contributed by atoms with Gasteiger partial charge in [-0.3, -0.25) is 9.78 Å². The van der Waals surface area contributed by atoms with Crippen LogP contribution in [0.15, 0.2) is 41.4 Å². The Bertz CT molecular complexity index is 1080. The monoisotopic (exact) mass is 457 g/mol. The molecule has 5 rings (SSSR count). The minimum atomic E-state index is -3.63. The molecule has 1 atom stereocenters. The highest BCUT2D eigenvalue weighted by Crippen LogP contribution is 2.40. The molecule has 32 heavy (non-hydrogen) atoms. The van der Waals surface area contributed by atoms with E-state index in [4.69, 9.17) is 4.74 Å². The van der Waals surface area contributed by atoms with Crippen molar-refractivity contribution in [1.82, 2.24) is 14.2 Å². The fourth-order valence-electron chi connectivity index (χ4n) is 5.55. The molecule has 1 spiro atoms. The van der Waals surface area contributed by atoms with Crippen LogP contribution in [0.5, 0.6) is 0 Å². The first-order chi connectivity index (χ1) is 15.5. The van der Waals surface area contributed by atoms with Crippen molar-refractivity contribution in [3.63, 3.8) is 0 Å². The first-order valence-corrected chi connectivity index (χ1v) is 13.2. The number of para-hydroxylation sites is 1. The number of ether oxygens (including phenoxy) is 1. The second kappa shape index (κ2) is 8.72. The molecule has 1 aromatic carbocycles. The Kier molecular flexibility index (Phi) is 5.94. The first-order valence-electron chi connectivity index (χ1n) is 11.7. The number of carbonyl (C=O) groups is 1. The molecular formula is C24H31N3O4S. The summed E-state index contributed by atoms with van der Waals surface area (Å²) < 4.78 is 34.6. The van der Waals surface area contributed by atoms with Crippen LogP contribution < -0.4 is 0 Å². The molecule has 0 N–H and O–H groups in total. The molecule has 0 aliphatic carbocycles. The molecule has 1 unspecified atom stereocenters. The van der Waals surface area contributed by atoms with E-state index in [2.05, 4.69) is 4.98 Å². The Morgan fingerprint density at radius 2 is 1.84 bits per heavy atom. The SMILES string of the molecule is O=C(CC1CCOC2(CCN(S(=O)(=O)c3cccc4cccnc34)CC2)C1)N1CCCC1. The molecule has 1 aromatic heterocycles. The van der Waals surface area contributed by atoms with Crippen LogP contribution in [-0.2, 0) is 19.6 Å². The topological polar surface area (TPSA) is 79.8 Å². The second-order valence-electron chi connectivity index (χ2n) is 9.42. The number of rotatable bonds is 4. The molecule has 1 amide bonds. The number of sulfonamides is 1. The highest BCUT2D eigenvalue weighted by Gasteiger charge is 2.43. The van der Waals surface area contributed by atoms with E-state index < -0.39 is 10.0 Å². The summed E-state index contributed by atoms with van der Waals surface area (Å²) in [5.74, 6) is 0.593. The van der Waals surface area contributed by atoms with Crippen LogP contribution in [0.25, 0.3) is 10.9 Å². The predicted octanol–water partition coefficient (Wildman–Crippen LogP) is 3.20. The highest BCUT2D eigenvalue weighted by molar-refractivity contribution is 7.89. The number of pyridine rings is 1. The van der Waals surface area contributed by atoms with Crippen molar-refractivity contribution in [2.75, 3.05) is 32.8 Å². The van der Waals surface area contributed by atoms with Crippen molar-refractivity contribution in [2.24, 2.45) is 5.92 Å². The van der Waals surface area contributed by atoms with E-state index in [0.29, 0.717) is 50.4 Å². The van der Waals surface area contributed by atoms with Crippen molar-refractivity contribution < 1.29 is 17.9 Å². The summed E-state index contributed by atoms with van der Waals surface area (Å²) in [5.41, 5.74) is 0.210. The summed E-state index contributed by atoms with van der Waals surface area (Å²) in [6.07, 6.45) is 7.53. The van der Waals surface area contributed by atoms with Crippen LogP contribution in [-0.4, -0.2) is 66.9 Å². The number of hydrogen-bond acceptors (Lipinski definition) is 5. The van der Waals surface area contributed by atoms with E-state index in [9.17, 15) is 13.2 Å². The number of carbonyl (C=O) groups excluding carboxylic acids is 1. The Balaban J connectivity index is 1.26. The summed E-state index contributed by atoms with van der Waals surface area (Å²) in [7, 11) is -3.63. The van der Waals surface area contributed by atoms with Gasteiger partial charge in [0.25, 0.3) is 0 Å². The zero-order valence-corrected chi connectivity index (χ0v) is 19.2. The molecule has 3 aliphatic rings. The highest BCUT2D eigenvalue weighted by atomic mass is 32.2. The molecule has 4 heterocycles. The molecule has 8 heteroatoms. The Labute approximate surface area is 189 Å². The molecule has 3 fully saturated rings. The van der Waals surface area contributed by atoms with Crippen molar-refractivity contribution in [3.8, 4) is 0 Å². The van der Waals surface area contributed by atoms with E-state index in [1.165, 1.54) is 0 Å². The number of amides is 1. The van der Waals surface area contributed by atoms with Crippen LogP contribution in [0.4, 0.5) is 0 Å². The molecule has 172 valence electrons. The van der Waals surface area contributed by atoms with Gasteiger partial charge in [0.05, 0.1) is 11.1 Å². The van der Waals surface area contributed by atoms with Gasteiger partial charge in [-0.1, -0.05) is 18.2 Å². The first kappa shape index (κ1) is 21.8. The van der Waals surface area contributed by atoms with Gasteiger partial charge in [-0.25, -0.2) is 8.42 Å². The van der Waals surface area contributed by atoms with E-state index >= 15 is 0 Å². The van der Waals surface area contributed by atoms with E-state index in [-0.39, 0.29) is 16.4 Å². The Morgan fingerprint density at radius 3 is 2.62 bits per heavy atom. The van der Waals surface area contributed by atoms with Crippen molar-refractivity contribution in [2.45, 2.75) is 55.4 Å². The molecule has 0 bridgehead atoms. The van der Waals surface area contributed by atoms with E-state index in [1.807, 2.05) is 23.1 Å². The van der Waals surface area contributed by atoms with Gasteiger partial charge in [0.15, 0.2) is 0 Å². The average molecular weight is 458 g/mol. The summed E-state index contributed by atoms with van der Waals surface area (Å²) in [6, 6.07) is 8.99. The largest absolute Gasteiger partial charge is 0.375 e. The van der Waals surface area contributed by atoms with Crippen LogP contribution in [0.1, 0.15) is 44.9 Å². The molecule has 3 saturated heterocycles. The maximum Gasteiger partial charge on any atom is 0.245 e. The molecular weight excluding hydrogens is 426 g/mol. The number of nitrogens with zero attached hydrogens (tertiary/aromatic N) is 3. The van der Waals surface area contributed by atoms with Gasteiger partial charge < -0.3 is 9.64 Å². The number of likely N-dealkylation sites (tertiary alicyclic amines) is 1. The van der Waals surface area contributed by atoms with E-state index in [0.717, 1.165) is 44.2 Å². The number of benzene rings is 1. The van der Waals surface area contributed by atoms with Crippen molar-refractivity contribution in [3.05, 3.63) is 36.5 Å². The third-order valence-electron chi connectivity index (χ3n) is 7.36. The van der Waals surface area contributed by atoms with Gasteiger partial charge >= 0.3 is 0 Å². The lowest BCUT2D eigenvalue weighted by atomic mass is 9.78. The summed E-state index contributed by atoms with van der Waals surface area (Å²) in [6.45, 7) is 3.29. The summed E-state index contributed by atoms with van der Waals surface area (Å²) >= 11 is 0. The van der Waals surface area contributed by atoms with Gasteiger partial charge in [-0.15, -0.1) is 0 Å². The van der Waals surface area contributed by atoms with Crippen LogP contribution in [0.2, 0.25) is 0 Å². The Morgan fingerprint density at radius 1 is 1.09 bits per heavy atom. The maximum atomic E-state index is 13.4. The lowest BCUT2D eigenvalue weighted by Crippen LogP contribution is -2.51. The van der Waals surface area contributed by atoms with Crippen LogP contribution >= 0.6 is 0 Å². The average Bonchev–Trinajstić information content (AvgIpc) is 3.34. The molecule has 7 nitrogen and oxygen atoms in total. The molecule has 2 aromatic rings. The fraction of sp³-hybridized carbons (Fsp3) is 0.583. The van der Waals surface area contributed by atoms with Crippen LogP contribution in [0, 0.1) is 5.92 Å². The number of fused-ring (bicyclic) bond motifs is 1. The van der Waals surface area contributed by atoms with Gasteiger partial charge in [0.2, 0.25) is 15.9 Å². The zero-order chi connectivity index (χ0) is 22.2. The minimum Gasteiger partial charge on any atom is -0.375 e. The fourth-order valence-corrected chi connectivity index (χ4v) is 7.16. The van der Waals surface area contributed by atoms with Gasteiger partial charge in [-0.2, -0.15) is 4.31 Å². The van der Waals surface area contributed by atoms with Crippen molar-refractivity contribution in [1.29, 1.82) is 0 Å². The number of piperidine rings is 1. The van der Waals surface area contributed by atoms with Gasteiger partial charge in [-0.05, 0) is 56.6 Å². The lowest BCUT2D eigenvalue weighted by Gasteiger charge is -2.46. The van der Waals surface area contributed by atoms with Crippen molar-refractivity contribution >= 4 is 26.8 Å². The quantitative estimate of drug-likeness (QED) is 0.704. The van der Waals surface area contributed by atoms with Gasteiger partial charge in [0, 0.05) is 50.8 Å². The lowest BCUT2D eigenvalue weighted by molar-refractivity contribution is -0.139. The smallest absolute Gasteiger partial charge is 0.245 e. The maximum absolute atomic E-state index is 13.4. The second-order valence-corrected chi connectivity index (χ2v) is 11.3. The summed E-state index contributed by atoms with van der Waals surface area (Å²) in [5, 5.41) is 0.822. The van der Waals surface area contributed by atoms with Crippen LogP contribution in [0.3, 0.4) is 0 Å². The third-order valence-corrected chi connectivity index (χ3v) is 9.29. The predicted molar refractivity (Wildman–Crippen MR) is 122 cm³/mol. The Hall–Kier alpha value is -2.03. The summed E-state index contributed by atoms with van der Waals surface area (Å²) in [4.78, 5) is 19.2. The minimum absolute atomic E-state index is 0.269. The molecule has 0 saturated carbocycles.